The number of esters is 3. The van der Waals surface area contributed by atoms with Crippen molar-refractivity contribution in [1.82, 2.24) is 0 Å². The number of allylic oxidation sites excluding steroid dienone is 8. The van der Waals surface area contributed by atoms with E-state index in [0.29, 0.717) is 19.3 Å². The largest absolute Gasteiger partial charge is 0.462 e. The smallest absolute Gasteiger partial charge is 0.306 e. The van der Waals surface area contributed by atoms with Gasteiger partial charge < -0.3 is 14.2 Å². The lowest BCUT2D eigenvalue weighted by Gasteiger charge is -2.18. The van der Waals surface area contributed by atoms with Gasteiger partial charge in [0.25, 0.3) is 0 Å². The average molecular weight is 1070 g/mol. The van der Waals surface area contributed by atoms with E-state index in [-0.39, 0.29) is 31.1 Å². The van der Waals surface area contributed by atoms with Crippen LogP contribution in [0.5, 0.6) is 0 Å². The SMILES string of the molecule is CCCCC/C=C\C/C=C\CCCCCCCC(=O)OC(COC(=O)CCCCCCCCCC)COC(=O)CCCCCCCCCCCCCCCCCCCCCCCCC/C=C\C/C=C\CCCCCCC. The summed E-state index contributed by atoms with van der Waals surface area (Å²) in [6, 6.07) is 0. The number of hydrogen-bond acceptors (Lipinski definition) is 6. The highest BCUT2D eigenvalue weighted by atomic mass is 16.6. The van der Waals surface area contributed by atoms with E-state index in [9.17, 15) is 14.4 Å². The number of rotatable bonds is 62. The summed E-state index contributed by atoms with van der Waals surface area (Å²) in [6.45, 7) is 6.60. The predicted molar refractivity (Wildman–Crippen MR) is 330 cm³/mol. The Labute approximate surface area is 473 Å². The van der Waals surface area contributed by atoms with Crippen molar-refractivity contribution in [1.29, 1.82) is 0 Å². The quantitative estimate of drug-likeness (QED) is 0.0261. The van der Waals surface area contributed by atoms with Gasteiger partial charge in [0.15, 0.2) is 6.10 Å². The van der Waals surface area contributed by atoms with E-state index in [1.165, 1.54) is 231 Å². The van der Waals surface area contributed by atoms with Gasteiger partial charge in [-0.25, -0.2) is 0 Å². The molecular formula is C70H128O6. The monoisotopic (exact) mass is 1060 g/mol. The Bertz CT molecular complexity index is 1310. The van der Waals surface area contributed by atoms with Crippen LogP contribution >= 0.6 is 0 Å². The van der Waals surface area contributed by atoms with Crippen LogP contribution in [0.3, 0.4) is 0 Å². The first kappa shape index (κ1) is 73.4. The number of hydrogen-bond donors (Lipinski definition) is 0. The molecule has 0 bridgehead atoms. The fourth-order valence-corrected chi connectivity index (χ4v) is 9.98. The molecule has 0 aliphatic heterocycles. The van der Waals surface area contributed by atoms with Crippen LogP contribution in [0.1, 0.15) is 361 Å². The maximum absolute atomic E-state index is 12.8. The minimum Gasteiger partial charge on any atom is -0.462 e. The fourth-order valence-electron chi connectivity index (χ4n) is 9.98. The van der Waals surface area contributed by atoms with Gasteiger partial charge in [0.2, 0.25) is 0 Å². The fraction of sp³-hybridized carbons (Fsp3) is 0.843. The van der Waals surface area contributed by atoms with Crippen LogP contribution in [-0.2, 0) is 28.6 Å². The highest BCUT2D eigenvalue weighted by Crippen LogP contribution is 2.18. The molecule has 444 valence electrons. The molecule has 0 radical (unpaired) electrons. The Balaban J connectivity index is 3.95. The second-order valence-corrected chi connectivity index (χ2v) is 22.7. The number of ether oxygens (including phenoxy) is 3. The summed E-state index contributed by atoms with van der Waals surface area (Å²) in [7, 11) is 0. The first-order valence-electron chi connectivity index (χ1n) is 33.6. The van der Waals surface area contributed by atoms with E-state index in [1.54, 1.807) is 0 Å². The minimum atomic E-state index is -0.775. The summed E-state index contributed by atoms with van der Waals surface area (Å²) in [6.07, 6.45) is 81.7. The molecule has 0 saturated heterocycles. The highest BCUT2D eigenvalue weighted by molar-refractivity contribution is 5.71. The molecule has 1 atom stereocenters. The second-order valence-electron chi connectivity index (χ2n) is 22.7. The van der Waals surface area contributed by atoms with Gasteiger partial charge in [0, 0.05) is 19.3 Å². The Kier molecular flexibility index (Phi) is 62.6. The predicted octanol–water partition coefficient (Wildman–Crippen LogP) is 22.9. The zero-order valence-electron chi connectivity index (χ0n) is 51.0. The zero-order valence-corrected chi connectivity index (χ0v) is 51.0. The third kappa shape index (κ3) is 62.2. The van der Waals surface area contributed by atoms with Crippen LogP contribution in [0.25, 0.3) is 0 Å². The number of carbonyl (C=O) groups is 3. The van der Waals surface area contributed by atoms with Crippen molar-refractivity contribution in [2.24, 2.45) is 0 Å². The topological polar surface area (TPSA) is 78.9 Å². The molecule has 0 rings (SSSR count). The first-order chi connectivity index (χ1) is 37.5. The van der Waals surface area contributed by atoms with Crippen LogP contribution in [0.4, 0.5) is 0 Å². The molecule has 6 nitrogen and oxygen atoms in total. The van der Waals surface area contributed by atoms with Crippen molar-refractivity contribution in [3.63, 3.8) is 0 Å². The van der Waals surface area contributed by atoms with Crippen LogP contribution < -0.4 is 0 Å². The number of unbranched alkanes of at least 4 members (excludes halogenated alkanes) is 43. The molecule has 0 aliphatic rings. The van der Waals surface area contributed by atoms with E-state index in [1.807, 2.05) is 0 Å². The van der Waals surface area contributed by atoms with Crippen molar-refractivity contribution in [2.75, 3.05) is 13.2 Å². The molecule has 0 aliphatic carbocycles. The normalized spacial score (nSPS) is 12.3. The van der Waals surface area contributed by atoms with Gasteiger partial charge >= 0.3 is 17.9 Å². The lowest BCUT2D eigenvalue weighted by molar-refractivity contribution is -0.167. The van der Waals surface area contributed by atoms with Crippen molar-refractivity contribution in [3.05, 3.63) is 48.6 Å². The summed E-state index contributed by atoms with van der Waals surface area (Å²) >= 11 is 0. The summed E-state index contributed by atoms with van der Waals surface area (Å²) in [5.74, 6) is -0.874. The standard InChI is InChI=1S/C70H128O6/c1-4-7-10-13-16-19-21-23-25-26-27-28-29-30-31-32-33-34-35-36-37-38-39-40-41-42-43-44-46-47-49-51-54-57-60-63-69(72)75-66-67(65-74-68(71)62-59-56-53-18-15-12-9-6-3)76-70(73)64-61-58-55-52-50-48-45-24-22-20-17-14-11-8-5-2/h17,20-21,23-24,26-27,45,67H,4-16,18-19,22,25,28-44,46-66H2,1-3H3/b20-17-,23-21-,27-26-,45-24-. The summed E-state index contributed by atoms with van der Waals surface area (Å²) in [5.41, 5.74) is 0. The maximum Gasteiger partial charge on any atom is 0.306 e. The molecule has 0 aromatic heterocycles. The van der Waals surface area contributed by atoms with Crippen molar-refractivity contribution in [2.45, 2.75) is 367 Å². The van der Waals surface area contributed by atoms with Gasteiger partial charge in [0.1, 0.15) is 13.2 Å². The second kappa shape index (κ2) is 64.9. The molecule has 0 fully saturated rings. The third-order valence-electron chi connectivity index (χ3n) is 15.1. The zero-order chi connectivity index (χ0) is 55.0. The molecule has 6 heteroatoms. The van der Waals surface area contributed by atoms with Crippen molar-refractivity contribution < 1.29 is 28.6 Å². The Morgan fingerprint density at radius 3 is 0.750 bits per heavy atom. The van der Waals surface area contributed by atoms with Gasteiger partial charge in [-0.3, -0.25) is 14.4 Å². The number of carbonyl (C=O) groups excluding carboxylic acids is 3. The minimum absolute atomic E-state index is 0.0741. The van der Waals surface area contributed by atoms with Crippen LogP contribution in [0, 0.1) is 0 Å². The molecule has 0 heterocycles. The Morgan fingerprint density at radius 1 is 0.263 bits per heavy atom. The lowest BCUT2D eigenvalue weighted by atomic mass is 10.0. The maximum atomic E-state index is 12.8. The first-order valence-corrected chi connectivity index (χ1v) is 33.6. The lowest BCUT2D eigenvalue weighted by Crippen LogP contribution is -2.30. The van der Waals surface area contributed by atoms with Crippen molar-refractivity contribution >= 4 is 17.9 Å². The van der Waals surface area contributed by atoms with E-state index < -0.39 is 6.10 Å². The van der Waals surface area contributed by atoms with Gasteiger partial charge in [-0.15, -0.1) is 0 Å². The Hall–Kier alpha value is -2.63. The van der Waals surface area contributed by atoms with E-state index in [2.05, 4.69) is 69.4 Å². The Morgan fingerprint density at radius 2 is 0.474 bits per heavy atom. The molecule has 0 spiro atoms. The molecule has 0 aromatic rings. The van der Waals surface area contributed by atoms with Gasteiger partial charge in [-0.1, -0.05) is 307 Å². The summed E-state index contributed by atoms with van der Waals surface area (Å²) < 4.78 is 16.8. The van der Waals surface area contributed by atoms with E-state index in [0.717, 1.165) is 89.9 Å². The molecule has 0 aromatic carbocycles. The molecule has 0 amide bonds. The van der Waals surface area contributed by atoms with E-state index >= 15 is 0 Å². The van der Waals surface area contributed by atoms with Crippen LogP contribution in [-0.4, -0.2) is 37.2 Å². The van der Waals surface area contributed by atoms with Gasteiger partial charge in [-0.05, 0) is 83.5 Å². The van der Waals surface area contributed by atoms with E-state index in [4.69, 9.17) is 14.2 Å². The third-order valence-corrected chi connectivity index (χ3v) is 15.1. The van der Waals surface area contributed by atoms with Gasteiger partial charge in [-0.2, -0.15) is 0 Å². The van der Waals surface area contributed by atoms with Crippen molar-refractivity contribution in [3.8, 4) is 0 Å². The molecule has 76 heavy (non-hydrogen) atoms. The summed E-state index contributed by atoms with van der Waals surface area (Å²) in [4.78, 5) is 38.1. The van der Waals surface area contributed by atoms with Gasteiger partial charge in [0.05, 0.1) is 0 Å². The average Bonchev–Trinajstić information content (AvgIpc) is 3.42. The summed E-state index contributed by atoms with van der Waals surface area (Å²) in [5, 5.41) is 0. The molecule has 0 N–H and O–H groups in total. The highest BCUT2D eigenvalue weighted by Gasteiger charge is 2.19. The molecular weight excluding hydrogens is 937 g/mol. The van der Waals surface area contributed by atoms with Crippen LogP contribution in [0.2, 0.25) is 0 Å². The molecule has 1 unspecified atom stereocenters. The molecule has 0 saturated carbocycles. The van der Waals surface area contributed by atoms with Crippen LogP contribution in [0.15, 0.2) is 48.6 Å².